The van der Waals surface area contributed by atoms with Crippen molar-refractivity contribution in [1.29, 1.82) is 0 Å². The van der Waals surface area contributed by atoms with Gasteiger partial charge in [0, 0.05) is 32.2 Å². The van der Waals surface area contributed by atoms with E-state index in [1.807, 2.05) is 6.07 Å². The summed E-state index contributed by atoms with van der Waals surface area (Å²) >= 11 is 0. The number of hydrogen-bond donors (Lipinski definition) is 1. The number of rotatable bonds is 3. The minimum absolute atomic E-state index is 0. The van der Waals surface area contributed by atoms with Crippen molar-refractivity contribution in [1.82, 2.24) is 10.2 Å². The fourth-order valence-electron chi connectivity index (χ4n) is 3.05. The highest BCUT2D eigenvalue weighted by molar-refractivity contribution is 5.85. The molecule has 2 nitrogen and oxygen atoms in total. The van der Waals surface area contributed by atoms with Crippen LogP contribution in [0.15, 0.2) is 24.3 Å². The number of nitrogens with zero attached hydrogens (tertiary/aromatic N) is 1. The standard InChI is InChI=1S/C15H19F3N2.2ClH/c16-15(17,18)13-3-1-2-12(10-13)14(11-4-5-11)20-8-6-19-7-9-20;;/h1-3,10-11,14,19H,4-9H2;2*1H/t14-;;/m0../s1. The zero-order valence-corrected chi connectivity index (χ0v) is 13.7. The van der Waals surface area contributed by atoms with E-state index >= 15 is 0 Å². The molecule has 0 spiro atoms. The molecular weight excluding hydrogens is 336 g/mol. The molecule has 2 aliphatic rings. The minimum Gasteiger partial charge on any atom is -0.314 e. The van der Waals surface area contributed by atoms with Crippen LogP contribution in [0.1, 0.15) is 30.0 Å². The summed E-state index contributed by atoms with van der Waals surface area (Å²) in [4.78, 5) is 2.34. The first-order valence-electron chi connectivity index (χ1n) is 7.17. The molecule has 0 unspecified atom stereocenters. The Morgan fingerprint density at radius 2 is 1.73 bits per heavy atom. The molecule has 0 aromatic heterocycles. The van der Waals surface area contributed by atoms with Crippen molar-refractivity contribution >= 4 is 24.8 Å². The monoisotopic (exact) mass is 356 g/mol. The molecule has 7 heteroatoms. The molecule has 1 saturated heterocycles. The molecule has 0 amide bonds. The number of piperazine rings is 1. The molecule has 1 aromatic carbocycles. The highest BCUT2D eigenvalue weighted by atomic mass is 35.5. The van der Waals surface area contributed by atoms with Crippen LogP contribution in [0.3, 0.4) is 0 Å². The van der Waals surface area contributed by atoms with Gasteiger partial charge < -0.3 is 5.32 Å². The van der Waals surface area contributed by atoms with E-state index in [0.29, 0.717) is 5.92 Å². The molecular formula is C15H21Cl2F3N2. The molecule has 126 valence electrons. The van der Waals surface area contributed by atoms with Gasteiger partial charge in [0.05, 0.1) is 5.56 Å². The van der Waals surface area contributed by atoms with Gasteiger partial charge in [0.15, 0.2) is 0 Å². The van der Waals surface area contributed by atoms with Crippen molar-refractivity contribution in [3.05, 3.63) is 35.4 Å². The van der Waals surface area contributed by atoms with Crippen LogP contribution in [0.2, 0.25) is 0 Å². The van der Waals surface area contributed by atoms with Crippen LogP contribution in [0.25, 0.3) is 0 Å². The summed E-state index contributed by atoms with van der Waals surface area (Å²) in [5.74, 6) is 0.525. The summed E-state index contributed by atoms with van der Waals surface area (Å²) in [5.41, 5.74) is 0.292. The zero-order chi connectivity index (χ0) is 14.2. The molecule has 1 aromatic rings. The molecule has 1 atom stereocenters. The second kappa shape index (κ2) is 7.86. The average Bonchev–Trinajstić information content (AvgIpc) is 3.24. The average molecular weight is 357 g/mol. The van der Waals surface area contributed by atoms with E-state index in [9.17, 15) is 13.2 Å². The summed E-state index contributed by atoms with van der Waals surface area (Å²) in [7, 11) is 0. The molecule has 0 radical (unpaired) electrons. The number of alkyl halides is 3. The lowest BCUT2D eigenvalue weighted by Crippen LogP contribution is -2.45. The third-order valence-corrected chi connectivity index (χ3v) is 4.17. The van der Waals surface area contributed by atoms with Gasteiger partial charge in [-0.05, 0) is 36.5 Å². The first-order chi connectivity index (χ1) is 9.55. The highest BCUT2D eigenvalue weighted by Crippen LogP contribution is 2.45. The van der Waals surface area contributed by atoms with E-state index in [2.05, 4.69) is 10.2 Å². The second-order valence-corrected chi connectivity index (χ2v) is 5.69. The normalized spacial score (nSPS) is 20.7. The predicted octanol–water partition coefficient (Wildman–Crippen LogP) is 3.91. The molecule has 3 rings (SSSR count). The van der Waals surface area contributed by atoms with Gasteiger partial charge in [-0.1, -0.05) is 12.1 Å². The fourth-order valence-corrected chi connectivity index (χ4v) is 3.05. The molecule has 1 aliphatic heterocycles. The molecule has 1 heterocycles. The Morgan fingerprint density at radius 3 is 2.27 bits per heavy atom. The van der Waals surface area contributed by atoms with E-state index in [1.165, 1.54) is 12.1 Å². The Labute approximate surface area is 141 Å². The largest absolute Gasteiger partial charge is 0.416 e. The van der Waals surface area contributed by atoms with Crippen molar-refractivity contribution in [2.45, 2.75) is 25.1 Å². The predicted molar refractivity (Wildman–Crippen MR) is 85.8 cm³/mol. The van der Waals surface area contributed by atoms with Gasteiger partial charge in [-0.15, -0.1) is 24.8 Å². The quantitative estimate of drug-likeness (QED) is 0.883. The number of nitrogens with one attached hydrogen (secondary N) is 1. The van der Waals surface area contributed by atoms with E-state index in [0.717, 1.165) is 50.7 Å². The lowest BCUT2D eigenvalue weighted by Gasteiger charge is -2.35. The number of hydrogen-bond acceptors (Lipinski definition) is 2. The van der Waals surface area contributed by atoms with Crippen LogP contribution in [0, 0.1) is 5.92 Å². The highest BCUT2D eigenvalue weighted by Gasteiger charge is 2.38. The van der Waals surface area contributed by atoms with Crippen LogP contribution in [-0.2, 0) is 6.18 Å². The number of halogens is 5. The summed E-state index contributed by atoms with van der Waals surface area (Å²) in [5, 5.41) is 3.29. The SMILES string of the molecule is Cl.Cl.FC(F)(F)c1cccc([C@H](C2CC2)N2CCNCC2)c1. The maximum Gasteiger partial charge on any atom is 0.416 e. The lowest BCUT2D eigenvalue weighted by molar-refractivity contribution is -0.137. The van der Waals surface area contributed by atoms with Gasteiger partial charge in [0.2, 0.25) is 0 Å². The van der Waals surface area contributed by atoms with Crippen molar-refractivity contribution in [2.24, 2.45) is 5.92 Å². The molecule has 22 heavy (non-hydrogen) atoms. The molecule has 2 fully saturated rings. The van der Waals surface area contributed by atoms with Crippen molar-refractivity contribution in [3.63, 3.8) is 0 Å². The van der Waals surface area contributed by atoms with Gasteiger partial charge in [-0.25, -0.2) is 0 Å². The summed E-state index contributed by atoms with van der Waals surface area (Å²) < 4.78 is 38.6. The zero-order valence-electron chi connectivity index (χ0n) is 12.1. The van der Waals surface area contributed by atoms with Gasteiger partial charge in [-0.2, -0.15) is 13.2 Å². The van der Waals surface area contributed by atoms with Crippen LogP contribution in [0.4, 0.5) is 13.2 Å². The fraction of sp³-hybridized carbons (Fsp3) is 0.600. The lowest BCUT2D eigenvalue weighted by atomic mass is 9.97. The second-order valence-electron chi connectivity index (χ2n) is 5.69. The third-order valence-electron chi connectivity index (χ3n) is 4.17. The first kappa shape index (κ1) is 19.6. The van der Waals surface area contributed by atoms with Crippen molar-refractivity contribution in [2.75, 3.05) is 26.2 Å². The molecule has 1 aliphatic carbocycles. The van der Waals surface area contributed by atoms with E-state index in [1.54, 1.807) is 0 Å². The smallest absolute Gasteiger partial charge is 0.314 e. The minimum atomic E-state index is -4.26. The Balaban J connectivity index is 0.00000121. The van der Waals surface area contributed by atoms with E-state index < -0.39 is 11.7 Å². The molecule has 1 N–H and O–H groups in total. The Morgan fingerprint density at radius 1 is 1.09 bits per heavy atom. The Hall–Kier alpha value is -0.490. The van der Waals surface area contributed by atoms with Crippen LogP contribution >= 0.6 is 24.8 Å². The summed E-state index contributed by atoms with van der Waals surface area (Å²) in [6.45, 7) is 3.67. The Kier molecular flexibility index (Phi) is 6.99. The van der Waals surface area contributed by atoms with Gasteiger partial charge in [0.25, 0.3) is 0 Å². The third kappa shape index (κ3) is 4.51. The summed E-state index contributed by atoms with van der Waals surface area (Å²) in [6, 6.07) is 6.03. The van der Waals surface area contributed by atoms with E-state index in [4.69, 9.17) is 0 Å². The topological polar surface area (TPSA) is 15.3 Å². The molecule has 0 bridgehead atoms. The van der Waals surface area contributed by atoms with Crippen LogP contribution in [0.5, 0.6) is 0 Å². The van der Waals surface area contributed by atoms with Gasteiger partial charge in [0.1, 0.15) is 0 Å². The first-order valence-corrected chi connectivity index (χ1v) is 7.17. The summed E-state index contributed by atoms with van der Waals surface area (Å²) in [6.07, 6.45) is -2.00. The van der Waals surface area contributed by atoms with Crippen LogP contribution < -0.4 is 5.32 Å². The molecule has 1 saturated carbocycles. The van der Waals surface area contributed by atoms with Gasteiger partial charge >= 0.3 is 6.18 Å². The maximum absolute atomic E-state index is 12.9. The Bertz CT molecular complexity index is 472. The van der Waals surface area contributed by atoms with Crippen LogP contribution in [-0.4, -0.2) is 31.1 Å². The number of benzene rings is 1. The van der Waals surface area contributed by atoms with Crippen molar-refractivity contribution in [3.8, 4) is 0 Å². The van der Waals surface area contributed by atoms with Crippen molar-refractivity contribution < 1.29 is 13.2 Å². The van der Waals surface area contributed by atoms with Gasteiger partial charge in [-0.3, -0.25) is 4.90 Å². The maximum atomic E-state index is 12.9. The van der Waals surface area contributed by atoms with E-state index in [-0.39, 0.29) is 30.9 Å².